The van der Waals surface area contributed by atoms with Crippen molar-refractivity contribution >= 4 is 27.2 Å². The largest absolute Gasteiger partial charge is 0.399 e. The standard InChI is InChI=1S/C11H10N4S/c1-7-5-13-15(6-7)11-14-9-3-2-8(12)4-10(9)16-11/h2-6H,12H2,1H3. The van der Waals surface area contributed by atoms with Gasteiger partial charge < -0.3 is 5.73 Å². The van der Waals surface area contributed by atoms with Crippen LogP contribution in [-0.4, -0.2) is 14.8 Å². The van der Waals surface area contributed by atoms with Crippen molar-refractivity contribution in [3.8, 4) is 5.13 Å². The molecule has 80 valence electrons. The monoisotopic (exact) mass is 230 g/mol. The van der Waals surface area contributed by atoms with Gasteiger partial charge in [0, 0.05) is 11.9 Å². The third-order valence-corrected chi connectivity index (χ3v) is 3.32. The van der Waals surface area contributed by atoms with Crippen LogP contribution in [-0.2, 0) is 0 Å². The Morgan fingerprint density at radius 2 is 2.25 bits per heavy atom. The van der Waals surface area contributed by atoms with Crippen molar-refractivity contribution < 1.29 is 0 Å². The summed E-state index contributed by atoms with van der Waals surface area (Å²) in [6.45, 7) is 2.01. The number of rotatable bonds is 1. The van der Waals surface area contributed by atoms with Crippen LogP contribution in [0.3, 0.4) is 0 Å². The van der Waals surface area contributed by atoms with Crippen LogP contribution < -0.4 is 5.73 Å². The molecule has 1 aromatic carbocycles. The average Bonchev–Trinajstić information content (AvgIpc) is 2.83. The van der Waals surface area contributed by atoms with Crippen molar-refractivity contribution in [3.63, 3.8) is 0 Å². The van der Waals surface area contributed by atoms with Crippen molar-refractivity contribution in [1.29, 1.82) is 0 Å². The molecule has 0 spiro atoms. The average molecular weight is 230 g/mol. The molecule has 2 aromatic heterocycles. The molecule has 5 heteroatoms. The first-order chi connectivity index (χ1) is 7.72. The summed E-state index contributed by atoms with van der Waals surface area (Å²) in [6, 6.07) is 5.73. The van der Waals surface area contributed by atoms with Crippen molar-refractivity contribution in [2.75, 3.05) is 5.73 Å². The first-order valence-corrected chi connectivity index (χ1v) is 5.72. The summed E-state index contributed by atoms with van der Waals surface area (Å²) < 4.78 is 2.87. The summed E-state index contributed by atoms with van der Waals surface area (Å²) >= 11 is 1.59. The van der Waals surface area contributed by atoms with Crippen LogP contribution in [0.4, 0.5) is 5.69 Å². The quantitative estimate of drug-likeness (QED) is 0.653. The zero-order chi connectivity index (χ0) is 11.1. The maximum absolute atomic E-state index is 5.73. The van der Waals surface area contributed by atoms with Crippen molar-refractivity contribution in [2.24, 2.45) is 0 Å². The molecular formula is C11H10N4S. The minimum absolute atomic E-state index is 0.763. The Morgan fingerprint density at radius 1 is 1.38 bits per heavy atom. The van der Waals surface area contributed by atoms with Gasteiger partial charge in [0.1, 0.15) is 0 Å². The third kappa shape index (κ3) is 1.45. The number of hydrogen-bond acceptors (Lipinski definition) is 4. The summed E-state index contributed by atoms with van der Waals surface area (Å²) in [5.74, 6) is 0. The lowest BCUT2D eigenvalue weighted by Crippen LogP contribution is -1.91. The van der Waals surface area contributed by atoms with E-state index in [1.807, 2.05) is 37.5 Å². The summed E-state index contributed by atoms with van der Waals surface area (Å²) in [5, 5.41) is 5.11. The van der Waals surface area contributed by atoms with Crippen LogP contribution in [0, 0.1) is 6.92 Å². The highest BCUT2D eigenvalue weighted by Crippen LogP contribution is 2.26. The molecule has 0 aliphatic carbocycles. The first-order valence-electron chi connectivity index (χ1n) is 4.90. The maximum Gasteiger partial charge on any atom is 0.211 e. The molecule has 3 rings (SSSR count). The molecule has 0 aliphatic heterocycles. The molecule has 0 radical (unpaired) electrons. The van der Waals surface area contributed by atoms with Gasteiger partial charge in [-0.15, -0.1) is 0 Å². The number of hydrogen-bond donors (Lipinski definition) is 1. The second kappa shape index (κ2) is 3.31. The molecule has 0 amide bonds. The Labute approximate surface area is 96.3 Å². The van der Waals surface area contributed by atoms with E-state index in [2.05, 4.69) is 10.1 Å². The van der Waals surface area contributed by atoms with E-state index in [9.17, 15) is 0 Å². The maximum atomic E-state index is 5.73. The number of nitrogen functional groups attached to an aromatic ring is 1. The van der Waals surface area contributed by atoms with Crippen LogP contribution in [0.25, 0.3) is 15.3 Å². The van der Waals surface area contributed by atoms with E-state index in [0.717, 1.165) is 26.6 Å². The summed E-state index contributed by atoms with van der Waals surface area (Å²) in [5.41, 5.74) is 8.58. The Hall–Kier alpha value is -1.88. The zero-order valence-corrected chi connectivity index (χ0v) is 9.53. The van der Waals surface area contributed by atoms with Crippen molar-refractivity contribution in [2.45, 2.75) is 6.92 Å². The van der Waals surface area contributed by atoms with Gasteiger partial charge in [-0.1, -0.05) is 11.3 Å². The molecule has 0 bridgehead atoms. The van der Waals surface area contributed by atoms with E-state index < -0.39 is 0 Å². The second-order valence-electron chi connectivity index (χ2n) is 3.69. The molecule has 2 heterocycles. The van der Waals surface area contributed by atoms with Crippen LogP contribution in [0.2, 0.25) is 0 Å². The van der Waals surface area contributed by atoms with Crippen LogP contribution in [0.15, 0.2) is 30.6 Å². The van der Waals surface area contributed by atoms with Gasteiger partial charge in [0.15, 0.2) is 0 Å². The Balaban J connectivity index is 2.18. The van der Waals surface area contributed by atoms with Gasteiger partial charge in [-0.3, -0.25) is 0 Å². The van der Waals surface area contributed by atoms with Gasteiger partial charge in [-0.2, -0.15) is 5.10 Å². The number of thiazole rings is 1. The number of fused-ring (bicyclic) bond motifs is 1. The fourth-order valence-corrected chi connectivity index (χ4v) is 2.49. The molecule has 3 aromatic rings. The van der Waals surface area contributed by atoms with Gasteiger partial charge >= 0.3 is 0 Å². The molecular weight excluding hydrogens is 220 g/mol. The van der Waals surface area contributed by atoms with Gasteiger partial charge in [0.2, 0.25) is 5.13 Å². The SMILES string of the molecule is Cc1cnn(-c2nc3ccc(N)cc3s2)c1. The molecule has 16 heavy (non-hydrogen) atoms. The molecule has 0 saturated carbocycles. The number of aromatic nitrogens is 3. The van der Waals surface area contributed by atoms with Gasteiger partial charge in [0.05, 0.1) is 16.4 Å². The topological polar surface area (TPSA) is 56.7 Å². The van der Waals surface area contributed by atoms with E-state index >= 15 is 0 Å². The first kappa shape index (κ1) is 9.35. The molecule has 0 fully saturated rings. The zero-order valence-electron chi connectivity index (χ0n) is 8.71. The van der Waals surface area contributed by atoms with Crippen molar-refractivity contribution in [1.82, 2.24) is 14.8 Å². The number of nitrogens with zero attached hydrogens (tertiary/aromatic N) is 3. The molecule has 0 unspecified atom stereocenters. The van der Waals surface area contributed by atoms with E-state index in [1.165, 1.54) is 0 Å². The minimum atomic E-state index is 0.763. The van der Waals surface area contributed by atoms with Crippen LogP contribution in [0.5, 0.6) is 0 Å². The predicted octanol–water partition coefficient (Wildman–Crippen LogP) is 2.37. The fourth-order valence-electron chi connectivity index (χ4n) is 1.54. The van der Waals surface area contributed by atoms with Crippen LogP contribution >= 0.6 is 11.3 Å². The minimum Gasteiger partial charge on any atom is -0.399 e. The second-order valence-corrected chi connectivity index (χ2v) is 4.69. The lowest BCUT2D eigenvalue weighted by atomic mass is 10.3. The lowest BCUT2D eigenvalue weighted by Gasteiger charge is -1.90. The Morgan fingerprint density at radius 3 is 3.00 bits per heavy atom. The van der Waals surface area contributed by atoms with E-state index in [1.54, 1.807) is 16.0 Å². The smallest absolute Gasteiger partial charge is 0.211 e. The molecule has 0 atom stereocenters. The van der Waals surface area contributed by atoms with E-state index in [4.69, 9.17) is 5.73 Å². The molecule has 4 nitrogen and oxygen atoms in total. The van der Waals surface area contributed by atoms with E-state index in [-0.39, 0.29) is 0 Å². The summed E-state index contributed by atoms with van der Waals surface area (Å²) in [7, 11) is 0. The number of anilines is 1. The Bertz CT molecular complexity index is 653. The summed E-state index contributed by atoms with van der Waals surface area (Å²) in [6.07, 6.45) is 3.78. The third-order valence-electron chi connectivity index (χ3n) is 2.31. The highest BCUT2D eigenvalue weighted by atomic mass is 32.1. The highest BCUT2D eigenvalue weighted by molar-refractivity contribution is 7.20. The molecule has 2 N–H and O–H groups in total. The van der Waals surface area contributed by atoms with Crippen molar-refractivity contribution in [3.05, 3.63) is 36.2 Å². The van der Waals surface area contributed by atoms with Gasteiger partial charge in [0.25, 0.3) is 0 Å². The predicted molar refractivity (Wildman–Crippen MR) is 65.9 cm³/mol. The Kier molecular flexibility index (Phi) is 1.94. The molecule has 0 aliphatic rings. The molecule has 0 saturated heterocycles. The number of benzene rings is 1. The van der Waals surface area contributed by atoms with Gasteiger partial charge in [-0.25, -0.2) is 9.67 Å². The van der Waals surface area contributed by atoms with Gasteiger partial charge in [-0.05, 0) is 30.7 Å². The highest BCUT2D eigenvalue weighted by Gasteiger charge is 2.06. The van der Waals surface area contributed by atoms with E-state index in [0.29, 0.717) is 0 Å². The normalized spacial score (nSPS) is 11.1. The lowest BCUT2D eigenvalue weighted by molar-refractivity contribution is 0.872. The van der Waals surface area contributed by atoms with Crippen LogP contribution in [0.1, 0.15) is 5.56 Å². The summed E-state index contributed by atoms with van der Waals surface area (Å²) in [4.78, 5) is 4.50. The number of aryl methyl sites for hydroxylation is 1. The fraction of sp³-hybridized carbons (Fsp3) is 0.0909. The number of nitrogens with two attached hydrogens (primary N) is 1.